The summed E-state index contributed by atoms with van der Waals surface area (Å²) in [5.41, 5.74) is -0.695. The fourth-order valence-electron chi connectivity index (χ4n) is 1.87. The Morgan fingerprint density at radius 3 is 2.78 bits per heavy atom. The summed E-state index contributed by atoms with van der Waals surface area (Å²) in [6, 6.07) is 0. The van der Waals surface area contributed by atoms with Crippen molar-refractivity contribution in [2.75, 3.05) is 6.61 Å². The molecule has 99 valence electrons. The molecule has 1 aromatic heterocycles. The zero-order chi connectivity index (χ0) is 13.4. The summed E-state index contributed by atoms with van der Waals surface area (Å²) in [4.78, 5) is 24.6. The molecule has 18 heavy (non-hydrogen) atoms. The van der Waals surface area contributed by atoms with E-state index in [9.17, 15) is 14.7 Å². The maximum atomic E-state index is 11.7. The first-order valence-electron chi connectivity index (χ1n) is 5.38. The molecule has 2 rings (SSSR count). The van der Waals surface area contributed by atoms with E-state index in [1.165, 1.54) is 10.8 Å². The molecule has 0 amide bonds. The maximum absolute atomic E-state index is 11.7. The van der Waals surface area contributed by atoms with Gasteiger partial charge in [-0.05, 0) is 0 Å². The molecule has 1 unspecified atom stereocenters. The molecular weight excluding hydrogens is 307 g/mol. The zero-order valence-corrected chi connectivity index (χ0v) is 11.3. The second-order valence-corrected chi connectivity index (χ2v) is 5.32. The molecule has 1 aliphatic heterocycles. The van der Waals surface area contributed by atoms with Crippen molar-refractivity contribution >= 4 is 16.0 Å². The van der Waals surface area contributed by atoms with Gasteiger partial charge in [0.2, 0.25) is 0 Å². The van der Waals surface area contributed by atoms with Gasteiger partial charge in [-0.15, -0.1) is 0 Å². The number of aliphatic hydroxyl groups is 2. The normalized spacial score (nSPS) is 31.8. The molecule has 1 aromatic rings. The van der Waals surface area contributed by atoms with Crippen LogP contribution in [0.5, 0.6) is 0 Å². The first-order chi connectivity index (χ1) is 8.45. The van der Waals surface area contributed by atoms with Crippen molar-refractivity contribution in [1.82, 2.24) is 9.55 Å². The second kappa shape index (κ2) is 4.99. The minimum absolute atomic E-state index is 0.340. The Morgan fingerprint density at radius 1 is 1.56 bits per heavy atom. The average Bonchev–Trinajstić information content (AvgIpc) is 2.61. The van der Waals surface area contributed by atoms with Crippen LogP contribution in [0.3, 0.4) is 0 Å². The third-order valence-electron chi connectivity index (χ3n) is 2.91. The van der Waals surface area contributed by atoms with E-state index >= 15 is 0 Å². The van der Waals surface area contributed by atoms with Gasteiger partial charge in [0.15, 0.2) is 0 Å². The topological polar surface area (TPSA) is 105 Å². The molecule has 0 saturated carbocycles. The van der Waals surface area contributed by atoms with Crippen LogP contribution in [0.2, 0.25) is 4.82 Å². The van der Waals surface area contributed by atoms with Crippen LogP contribution in [-0.2, 0) is 4.74 Å². The van der Waals surface area contributed by atoms with Crippen molar-refractivity contribution in [3.63, 3.8) is 0 Å². The minimum atomic E-state index is -0.904. The number of hydrogen-bond donors (Lipinski definition) is 3. The van der Waals surface area contributed by atoms with Gasteiger partial charge in [0.1, 0.15) is 0 Å². The Bertz CT molecular complexity index is 554. The van der Waals surface area contributed by atoms with Crippen LogP contribution in [0.15, 0.2) is 15.8 Å². The molecule has 0 bridgehead atoms. The van der Waals surface area contributed by atoms with Crippen LogP contribution in [0.4, 0.5) is 0 Å². The molecule has 3 N–H and O–H groups in total. The zero-order valence-electron chi connectivity index (χ0n) is 9.57. The summed E-state index contributed by atoms with van der Waals surface area (Å²) in [7, 11) is 0. The molecular formula is C10H13N2O5Se. The molecule has 1 fully saturated rings. The van der Waals surface area contributed by atoms with Crippen LogP contribution in [0, 0.1) is 6.92 Å². The number of H-pyrrole nitrogens is 1. The van der Waals surface area contributed by atoms with E-state index in [-0.39, 0.29) is 6.61 Å². The monoisotopic (exact) mass is 321 g/mol. The van der Waals surface area contributed by atoms with Gasteiger partial charge in [0.25, 0.3) is 0 Å². The van der Waals surface area contributed by atoms with Crippen molar-refractivity contribution in [3.05, 3.63) is 32.6 Å². The van der Waals surface area contributed by atoms with E-state index in [1.807, 2.05) is 0 Å². The predicted molar refractivity (Wildman–Crippen MR) is 62.6 cm³/mol. The van der Waals surface area contributed by atoms with Gasteiger partial charge >= 0.3 is 110 Å². The molecule has 7 nitrogen and oxygen atoms in total. The SMILES string of the molecule is Cc1cn([C@@H]2O[C@H](CO)[C@H](O)C2[Se])c(=O)[nH]c1=O. The summed E-state index contributed by atoms with van der Waals surface area (Å²) < 4.78 is 6.61. The third kappa shape index (κ3) is 2.17. The van der Waals surface area contributed by atoms with E-state index in [1.54, 1.807) is 6.92 Å². The van der Waals surface area contributed by atoms with E-state index in [0.29, 0.717) is 5.56 Å². The fourth-order valence-corrected chi connectivity index (χ4v) is 2.64. The van der Waals surface area contributed by atoms with E-state index in [0.717, 1.165) is 0 Å². The number of hydrogen-bond acceptors (Lipinski definition) is 5. The van der Waals surface area contributed by atoms with Gasteiger partial charge in [-0.2, -0.15) is 0 Å². The van der Waals surface area contributed by atoms with E-state index in [2.05, 4.69) is 21.0 Å². The Labute approximate surface area is 110 Å². The van der Waals surface area contributed by atoms with Crippen molar-refractivity contribution in [1.29, 1.82) is 0 Å². The van der Waals surface area contributed by atoms with Gasteiger partial charge in [0, 0.05) is 0 Å². The fraction of sp³-hybridized carbons (Fsp3) is 0.600. The van der Waals surface area contributed by atoms with Crippen LogP contribution >= 0.6 is 0 Å². The average molecular weight is 320 g/mol. The second-order valence-electron chi connectivity index (χ2n) is 4.18. The molecule has 0 aromatic carbocycles. The Morgan fingerprint density at radius 2 is 2.22 bits per heavy atom. The summed E-state index contributed by atoms with van der Waals surface area (Å²) in [5, 5.41) is 18.8. The molecule has 1 aliphatic rings. The summed E-state index contributed by atoms with van der Waals surface area (Å²) in [6.45, 7) is 1.23. The molecule has 1 saturated heterocycles. The standard InChI is InChI=1S/C10H13N2O5Se/c1-4-2-12(10(16)11-8(4)15)9-7(18)6(14)5(3-13)17-9/h2,5-7,9,13-14H,3H2,1H3,(H,11,15,16)/t5-,6+,7?,9-/m1/s1. The molecule has 0 aliphatic carbocycles. The summed E-state index contributed by atoms with van der Waals surface area (Å²) >= 11 is 2.73. The van der Waals surface area contributed by atoms with Crippen LogP contribution in [0.25, 0.3) is 0 Å². The number of aryl methyl sites for hydroxylation is 1. The van der Waals surface area contributed by atoms with Crippen molar-refractivity contribution < 1.29 is 14.9 Å². The number of nitrogens with zero attached hydrogens (tertiary/aromatic N) is 1. The quantitative estimate of drug-likeness (QED) is 0.550. The number of aromatic nitrogens is 2. The van der Waals surface area contributed by atoms with Crippen molar-refractivity contribution in [2.24, 2.45) is 0 Å². The molecule has 8 heteroatoms. The van der Waals surface area contributed by atoms with Gasteiger partial charge in [-0.1, -0.05) is 0 Å². The summed E-state index contributed by atoms with van der Waals surface area (Å²) in [5.74, 6) is 0. The predicted octanol–water partition coefficient (Wildman–Crippen LogP) is -1.95. The van der Waals surface area contributed by atoms with Crippen LogP contribution in [-0.4, -0.2) is 54.6 Å². The van der Waals surface area contributed by atoms with E-state index in [4.69, 9.17) is 9.84 Å². The van der Waals surface area contributed by atoms with Gasteiger partial charge < -0.3 is 0 Å². The van der Waals surface area contributed by atoms with Crippen LogP contribution < -0.4 is 11.2 Å². The van der Waals surface area contributed by atoms with Crippen molar-refractivity contribution in [3.8, 4) is 0 Å². The van der Waals surface area contributed by atoms with E-state index < -0.39 is 34.5 Å². The molecule has 0 spiro atoms. The molecule has 4 atom stereocenters. The van der Waals surface area contributed by atoms with Gasteiger partial charge in [-0.3, -0.25) is 0 Å². The number of rotatable bonds is 2. The first-order valence-corrected chi connectivity index (χ1v) is 6.37. The number of nitrogens with one attached hydrogen (secondary N) is 1. The van der Waals surface area contributed by atoms with Gasteiger partial charge in [-0.25, -0.2) is 0 Å². The summed E-state index contributed by atoms with van der Waals surface area (Å²) in [6.07, 6.45) is -1.03. The molecule has 1 radical (unpaired) electrons. The van der Waals surface area contributed by atoms with Crippen LogP contribution in [0.1, 0.15) is 11.8 Å². The van der Waals surface area contributed by atoms with Crippen molar-refractivity contribution in [2.45, 2.75) is 30.2 Å². The van der Waals surface area contributed by atoms with Gasteiger partial charge in [0.05, 0.1) is 0 Å². The number of aliphatic hydroxyl groups excluding tert-OH is 2. The first kappa shape index (κ1) is 13.5. The third-order valence-corrected chi connectivity index (χ3v) is 3.99. The molecule has 2 heterocycles. The number of ether oxygens (including phenoxy) is 1. The number of aromatic amines is 1. The Kier molecular flexibility index (Phi) is 3.74. The Balaban J connectivity index is 2.42. The Hall–Kier alpha value is -0.921.